The minimum absolute atomic E-state index is 0.416. The fourth-order valence-corrected chi connectivity index (χ4v) is 3.05. The van der Waals surface area contributed by atoms with Gasteiger partial charge in [-0.3, -0.25) is 9.98 Å². The van der Waals surface area contributed by atoms with Crippen molar-refractivity contribution in [1.29, 1.82) is 0 Å². The van der Waals surface area contributed by atoms with Gasteiger partial charge >= 0.3 is 0 Å². The quantitative estimate of drug-likeness (QED) is 0.714. The van der Waals surface area contributed by atoms with Gasteiger partial charge in [-0.1, -0.05) is 25.1 Å². The number of anilines is 1. The number of nitrogens with zero attached hydrogens (tertiary/aromatic N) is 3. The number of aliphatic imine (C=N–C) groups is 1. The monoisotopic (exact) mass is 340 g/mol. The zero-order valence-corrected chi connectivity index (χ0v) is 14.6. The van der Waals surface area contributed by atoms with Gasteiger partial charge in [-0.15, -0.1) is 0 Å². The maximum absolute atomic E-state index is 5.84. The van der Waals surface area contributed by atoms with Gasteiger partial charge < -0.3 is 5.73 Å². The summed E-state index contributed by atoms with van der Waals surface area (Å²) in [5.41, 5.74) is 12.7. The van der Waals surface area contributed by atoms with Crippen molar-refractivity contribution in [2.45, 2.75) is 6.92 Å². The first-order chi connectivity index (χ1) is 12.7. The van der Waals surface area contributed by atoms with Crippen LogP contribution in [0.15, 0.2) is 72.0 Å². The van der Waals surface area contributed by atoms with E-state index in [0.29, 0.717) is 5.92 Å². The van der Waals surface area contributed by atoms with Crippen molar-refractivity contribution in [3.05, 3.63) is 72.7 Å². The second-order valence-corrected chi connectivity index (χ2v) is 6.58. The number of hydrogen-bond acceptors (Lipinski definition) is 4. The summed E-state index contributed by atoms with van der Waals surface area (Å²) in [6, 6.07) is 16.1. The molecule has 1 aromatic carbocycles. The van der Waals surface area contributed by atoms with Gasteiger partial charge in [-0.2, -0.15) is 0 Å². The van der Waals surface area contributed by atoms with Crippen LogP contribution in [0, 0.1) is 5.92 Å². The van der Waals surface area contributed by atoms with Crippen LogP contribution >= 0.6 is 0 Å². The largest absolute Gasteiger partial charge is 0.399 e. The van der Waals surface area contributed by atoms with Crippen molar-refractivity contribution in [3.63, 3.8) is 0 Å². The summed E-state index contributed by atoms with van der Waals surface area (Å²) in [5, 5.41) is 0. The Labute approximate surface area is 153 Å². The molecule has 26 heavy (non-hydrogen) atoms. The molecule has 0 radical (unpaired) electrons. The average molecular weight is 340 g/mol. The van der Waals surface area contributed by atoms with E-state index in [0.717, 1.165) is 45.9 Å². The summed E-state index contributed by atoms with van der Waals surface area (Å²) >= 11 is 0. The van der Waals surface area contributed by atoms with Gasteiger partial charge in [0.15, 0.2) is 0 Å². The van der Waals surface area contributed by atoms with Crippen LogP contribution < -0.4 is 5.73 Å². The topological polar surface area (TPSA) is 64.2 Å². The van der Waals surface area contributed by atoms with Crippen LogP contribution in [0.3, 0.4) is 0 Å². The number of pyridine rings is 2. The molecule has 1 atom stereocenters. The number of nitrogen functional groups attached to an aromatic ring is 1. The lowest BCUT2D eigenvalue weighted by atomic mass is 9.98. The van der Waals surface area contributed by atoms with E-state index < -0.39 is 0 Å². The molecule has 1 unspecified atom stereocenters. The third kappa shape index (κ3) is 3.40. The summed E-state index contributed by atoms with van der Waals surface area (Å²) in [6.45, 7) is 3.00. The zero-order chi connectivity index (χ0) is 17.9. The Bertz CT molecular complexity index is 973. The second kappa shape index (κ2) is 6.92. The van der Waals surface area contributed by atoms with Crippen molar-refractivity contribution in [1.82, 2.24) is 9.97 Å². The Morgan fingerprint density at radius 2 is 1.77 bits per heavy atom. The van der Waals surface area contributed by atoms with Gasteiger partial charge in [0.25, 0.3) is 0 Å². The molecule has 1 aliphatic rings. The normalized spacial score (nSPS) is 16.3. The SMILES string of the molecule is CC1C=C(c2cc(-c3ccc(N)cc3)cc(-c3cccnc3)n2)C=NC1. The molecule has 0 spiro atoms. The molecule has 0 aliphatic carbocycles. The summed E-state index contributed by atoms with van der Waals surface area (Å²) in [7, 11) is 0. The van der Waals surface area contributed by atoms with Crippen LogP contribution in [0.1, 0.15) is 12.6 Å². The van der Waals surface area contributed by atoms with E-state index in [1.807, 2.05) is 48.8 Å². The van der Waals surface area contributed by atoms with E-state index in [2.05, 4.69) is 35.1 Å². The number of benzene rings is 1. The summed E-state index contributed by atoms with van der Waals surface area (Å²) < 4.78 is 0. The third-order valence-corrected chi connectivity index (χ3v) is 4.41. The maximum Gasteiger partial charge on any atom is 0.0731 e. The summed E-state index contributed by atoms with van der Waals surface area (Å²) in [6.07, 6.45) is 7.76. The Morgan fingerprint density at radius 3 is 2.50 bits per heavy atom. The van der Waals surface area contributed by atoms with Crippen LogP contribution in [0.25, 0.3) is 28.0 Å². The zero-order valence-electron chi connectivity index (χ0n) is 14.6. The minimum Gasteiger partial charge on any atom is -0.399 e. The highest BCUT2D eigenvalue weighted by molar-refractivity contribution is 6.10. The average Bonchev–Trinajstić information content (AvgIpc) is 2.69. The molecule has 4 rings (SSSR count). The molecule has 2 N–H and O–H groups in total. The molecule has 0 bridgehead atoms. The third-order valence-electron chi connectivity index (χ3n) is 4.41. The first-order valence-electron chi connectivity index (χ1n) is 8.69. The van der Waals surface area contributed by atoms with E-state index >= 15 is 0 Å². The Morgan fingerprint density at radius 1 is 0.962 bits per heavy atom. The number of dihydropyridines is 1. The highest BCUT2D eigenvalue weighted by atomic mass is 14.8. The molecule has 3 heterocycles. The van der Waals surface area contributed by atoms with Crippen LogP contribution in [-0.2, 0) is 0 Å². The lowest BCUT2D eigenvalue weighted by Gasteiger charge is -2.14. The van der Waals surface area contributed by atoms with Crippen LogP contribution in [0.2, 0.25) is 0 Å². The van der Waals surface area contributed by atoms with Crippen LogP contribution in [0.5, 0.6) is 0 Å². The molecular formula is C22H20N4. The number of nitrogens with two attached hydrogens (primary N) is 1. The second-order valence-electron chi connectivity index (χ2n) is 6.58. The number of aromatic nitrogens is 2. The molecule has 2 aromatic heterocycles. The minimum atomic E-state index is 0.416. The summed E-state index contributed by atoms with van der Waals surface area (Å²) in [5.74, 6) is 0.416. The number of rotatable bonds is 3. The first-order valence-corrected chi connectivity index (χ1v) is 8.69. The highest BCUT2D eigenvalue weighted by Gasteiger charge is 2.13. The standard InChI is InChI=1S/C22H20N4/c1-15-9-19(14-25-12-15)22-11-18(16-4-6-20(23)7-5-16)10-21(26-22)17-3-2-8-24-13-17/h2-11,13-15H,12,23H2,1H3. The predicted octanol–water partition coefficient (Wildman–Crippen LogP) is 4.50. The van der Waals surface area contributed by atoms with Crippen molar-refractivity contribution < 1.29 is 0 Å². The van der Waals surface area contributed by atoms with Crippen LogP contribution in [-0.4, -0.2) is 22.7 Å². The van der Waals surface area contributed by atoms with E-state index in [-0.39, 0.29) is 0 Å². The van der Waals surface area contributed by atoms with Gasteiger partial charge in [0.05, 0.1) is 11.4 Å². The molecular weight excluding hydrogens is 320 g/mol. The molecule has 0 saturated carbocycles. The van der Waals surface area contributed by atoms with E-state index in [9.17, 15) is 0 Å². The van der Waals surface area contributed by atoms with Gasteiger partial charge in [0.2, 0.25) is 0 Å². The van der Waals surface area contributed by atoms with Gasteiger partial charge in [0, 0.05) is 42.0 Å². The Balaban J connectivity index is 1.87. The fourth-order valence-electron chi connectivity index (χ4n) is 3.05. The van der Waals surface area contributed by atoms with Gasteiger partial charge in [0.1, 0.15) is 0 Å². The molecule has 3 aromatic rings. The maximum atomic E-state index is 5.84. The molecule has 1 aliphatic heterocycles. The first kappa shape index (κ1) is 16.2. The molecule has 4 heteroatoms. The van der Waals surface area contributed by atoms with Crippen molar-refractivity contribution in [3.8, 4) is 22.4 Å². The molecule has 128 valence electrons. The van der Waals surface area contributed by atoms with Crippen molar-refractivity contribution in [2.24, 2.45) is 10.9 Å². The smallest absolute Gasteiger partial charge is 0.0731 e. The highest BCUT2D eigenvalue weighted by Crippen LogP contribution is 2.29. The Hall–Kier alpha value is -3.27. The van der Waals surface area contributed by atoms with Gasteiger partial charge in [-0.05, 0) is 53.4 Å². The fraction of sp³-hybridized carbons (Fsp3) is 0.136. The lowest BCUT2D eigenvalue weighted by Crippen LogP contribution is -2.05. The van der Waals surface area contributed by atoms with E-state index in [1.54, 1.807) is 6.20 Å². The van der Waals surface area contributed by atoms with Gasteiger partial charge in [-0.25, -0.2) is 4.98 Å². The number of hydrogen-bond donors (Lipinski definition) is 1. The van der Waals surface area contributed by atoms with E-state index in [1.165, 1.54) is 0 Å². The molecule has 0 saturated heterocycles. The van der Waals surface area contributed by atoms with Crippen molar-refractivity contribution in [2.75, 3.05) is 12.3 Å². The lowest BCUT2D eigenvalue weighted by molar-refractivity contribution is 0.739. The molecule has 0 amide bonds. The van der Waals surface area contributed by atoms with Crippen LogP contribution in [0.4, 0.5) is 5.69 Å². The van der Waals surface area contributed by atoms with Crippen molar-refractivity contribution >= 4 is 17.5 Å². The predicted molar refractivity (Wildman–Crippen MR) is 108 cm³/mol. The molecule has 0 fully saturated rings. The van der Waals surface area contributed by atoms with E-state index in [4.69, 9.17) is 10.7 Å². The Kier molecular flexibility index (Phi) is 4.32. The number of allylic oxidation sites excluding steroid dienone is 1. The summed E-state index contributed by atoms with van der Waals surface area (Å²) in [4.78, 5) is 13.6. The molecule has 4 nitrogen and oxygen atoms in total.